The van der Waals surface area contributed by atoms with Crippen molar-refractivity contribution in [3.05, 3.63) is 24.5 Å². The minimum absolute atomic E-state index is 0.0275. The van der Waals surface area contributed by atoms with E-state index in [1.807, 2.05) is 29.1 Å². The van der Waals surface area contributed by atoms with E-state index in [1.165, 1.54) is 0 Å². The van der Waals surface area contributed by atoms with Gasteiger partial charge in [0.1, 0.15) is 6.10 Å². The molecule has 1 saturated heterocycles. The molecule has 4 nitrogen and oxygen atoms in total. The van der Waals surface area contributed by atoms with E-state index in [9.17, 15) is 4.79 Å². The molecular formula is C11H16N2O2. The molecule has 1 aliphatic heterocycles. The number of carbonyl (C=O) groups is 1. The maximum atomic E-state index is 11.5. The van der Waals surface area contributed by atoms with E-state index in [0.717, 1.165) is 26.0 Å². The number of nitrogens with zero attached hydrogens (tertiary/aromatic N) is 1. The first-order chi connectivity index (χ1) is 7.36. The molecule has 0 aliphatic carbocycles. The Morgan fingerprint density at radius 1 is 1.47 bits per heavy atom. The molecule has 15 heavy (non-hydrogen) atoms. The van der Waals surface area contributed by atoms with Gasteiger partial charge < -0.3 is 14.6 Å². The Labute approximate surface area is 89.2 Å². The minimum atomic E-state index is -0.213. The maximum Gasteiger partial charge on any atom is 0.249 e. The van der Waals surface area contributed by atoms with Crippen LogP contribution in [0.5, 0.6) is 0 Å². The second kappa shape index (κ2) is 4.98. The van der Waals surface area contributed by atoms with Crippen LogP contribution in [0, 0.1) is 0 Å². The molecule has 0 radical (unpaired) electrons. The van der Waals surface area contributed by atoms with Crippen molar-refractivity contribution in [2.75, 3.05) is 13.2 Å². The topological polar surface area (TPSA) is 43.3 Å². The lowest BCUT2D eigenvalue weighted by molar-refractivity contribution is -0.130. The predicted molar refractivity (Wildman–Crippen MR) is 56.4 cm³/mol. The van der Waals surface area contributed by atoms with Crippen LogP contribution in [0.4, 0.5) is 0 Å². The van der Waals surface area contributed by atoms with Crippen LogP contribution in [0.15, 0.2) is 24.5 Å². The van der Waals surface area contributed by atoms with E-state index in [4.69, 9.17) is 4.74 Å². The Kier molecular flexibility index (Phi) is 3.40. The molecule has 1 aromatic rings. The van der Waals surface area contributed by atoms with Crippen molar-refractivity contribution < 1.29 is 9.53 Å². The lowest BCUT2D eigenvalue weighted by Gasteiger charge is -2.10. The van der Waals surface area contributed by atoms with Gasteiger partial charge in [-0.2, -0.15) is 0 Å². The average Bonchev–Trinajstić information content (AvgIpc) is 2.90. The Bertz CT molecular complexity index is 302. The van der Waals surface area contributed by atoms with Crippen LogP contribution >= 0.6 is 0 Å². The van der Waals surface area contributed by atoms with Gasteiger partial charge in [-0.25, -0.2) is 0 Å². The van der Waals surface area contributed by atoms with Crippen LogP contribution in [0.1, 0.15) is 12.8 Å². The molecule has 0 aromatic carbocycles. The molecule has 1 amide bonds. The molecule has 1 unspecified atom stereocenters. The summed E-state index contributed by atoms with van der Waals surface area (Å²) in [5.74, 6) is 0.0275. The minimum Gasteiger partial charge on any atom is -0.368 e. The molecule has 4 heteroatoms. The maximum absolute atomic E-state index is 11.5. The highest BCUT2D eigenvalue weighted by Gasteiger charge is 2.22. The summed E-state index contributed by atoms with van der Waals surface area (Å²) in [6.07, 6.45) is 5.61. The fraction of sp³-hybridized carbons (Fsp3) is 0.545. The predicted octanol–water partition coefficient (Wildman–Crippen LogP) is 0.783. The highest BCUT2D eigenvalue weighted by atomic mass is 16.5. The fourth-order valence-electron chi connectivity index (χ4n) is 1.73. The third-order valence-corrected chi connectivity index (χ3v) is 2.56. The van der Waals surface area contributed by atoms with E-state index in [-0.39, 0.29) is 12.0 Å². The highest BCUT2D eigenvalue weighted by Crippen LogP contribution is 2.11. The summed E-state index contributed by atoms with van der Waals surface area (Å²) in [5, 5.41) is 2.88. The van der Waals surface area contributed by atoms with E-state index in [2.05, 4.69) is 5.32 Å². The Morgan fingerprint density at radius 3 is 2.93 bits per heavy atom. The van der Waals surface area contributed by atoms with Crippen molar-refractivity contribution in [3.63, 3.8) is 0 Å². The lowest BCUT2D eigenvalue weighted by Crippen LogP contribution is -2.35. The number of hydrogen-bond donors (Lipinski definition) is 1. The Morgan fingerprint density at radius 2 is 2.27 bits per heavy atom. The van der Waals surface area contributed by atoms with Crippen molar-refractivity contribution >= 4 is 5.91 Å². The normalized spacial score (nSPS) is 20.4. The molecule has 1 aliphatic rings. The number of hydrogen-bond acceptors (Lipinski definition) is 2. The van der Waals surface area contributed by atoms with E-state index < -0.39 is 0 Å². The summed E-state index contributed by atoms with van der Waals surface area (Å²) in [4.78, 5) is 11.5. The first-order valence-corrected chi connectivity index (χ1v) is 5.36. The first-order valence-electron chi connectivity index (χ1n) is 5.36. The zero-order valence-electron chi connectivity index (χ0n) is 8.69. The van der Waals surface area contributed by atoms with Crippen LogP contribution in [0.3, 0.4) is 0 Å². The van der Waals surface area contributed by atoms with Gasteiger partial charge in [0, 0.05) is 32.1 Å². The fourth-order valence-corrected chi connectivity index (χ4v) is 1.73. The molecule has 2 rings (SSSR count). The number of ether oxygens (including phenoxy) is 1. The smallest absolute Gasteiger partial charge is 0.249 e. The summed E-state index contributed by atoms with van der Waals surface area (Å²) >= 11 is 0. The van der Waals surface area contributed by atoms with Crippen molar-refractivity contribution in [1.29, 1.82) is 0 Å². The van der Waals surface area contributed by atoms with Crippen LogP contribution in [-0.4, -0.2) is 29.7 Å². The van der Waals surface area contributed by atoms with Crippen molar-refractivity contribution in [1.82, 2.24) is 9.88 Å². The van der Waals surface area contributed by atoms with E-state index in [0.29, 0.717) is 6.54 Å². The van der Waals surface area contributed by atoms with E-state index in [1.54, 1.807) is 0 Å². The monoisotopic (exact) mass is 208 g/mol. The van der Waals surface area contributed by atoms with Crippen molar-refractivity contribution in [2.24, 2.45) is 0 Å². The van der Waals surface area contributed by atoms with Gasteiger partial charge in [-0.3, -0.25) is 4.79 Å². The van der Waals surface area contributed by atoms with E-state index >= 15 is 0 Å². The number of rotatable bonds is 4. The Hall–Kier alpha value is -1.29. The van der Waals surface area contributed by atoms with Gasteiger partial charge in [0.2, 0.25) is 5.91 Å². The SMILES string of the molecule is O=C(NCCn1cccc1)C1CCCO1. The molecule has 0 saturated carbocycles. The van der Waals surface area contributed by atoms with Crippen LogP contribution < -0.4 is 5.32 Å². The molecule has 1 atom stereocenters. The quantitative estimate of drug-likeness (QED) is 0.794. The van der Waals surface area contributed by atoms with Gasteiger partial charge >= 0.3 is 0 Å². The second-order valence-electron chi connectivity index (χ2n) is 3.71. The van der Waals surface area contributed by atoms with Crippen molar-refractivity contribution in [2.45, 2.75) is 25.5 Å². The summed E-state index contributed by atoms with van der Waals surface area (Å²) in [7, 11) is 0. The molecule has 0 bridgehead atoms. The Balaban J connectivity index is 1.67. The van der Waals surface area contributed by atoms with Gasteiger partial charge in [0.25, 0.3) is 0 Å². The zero-order valence-corrected chi connectivity index (χ0v) is 8.69. The van der Waals surface area contributed by atoms with Gasteiger partial charge in [-0.05, 0) is 25.0 Å². The third-order valence-electron chi connectivity index (χ3n) is 2.56. The molecule has 2 heterocycles. The van der Waals surface area contributed by atoms with Crippen LogP contribution in [-0.2, 0) is 16.1 Å². The molecule has 1 N–H and O–H groups in total. The van der Waals surface area contributed by atoms with Gasteiger partial charge in [0.05, 0.1) is 0 Å². The standard InChI is InChI=1S/C11H16N2O2/c14-11(10-4-3-9-15-10)12-5-8-13-6-1-2-7-13/h1-2,6-7,10H,3-5,8-9H2,(H,12,14). The lowest BCUT2D eigenvalue weighted by atomic mass is 10.2. The molecular weight excluding hydrogens is 192 g/mol. The molecule has 0 spiro atoms. The third kappa shape index (κ3) is 2.83. The highest BCUT2D eigenvalue weighted by molar-refractivity contribution is 5.80. The summed E-state index contributed by atoms with van der Waals surface area (Å²) in [6.45, 7) is 2.19. The van der Waals surface area contributed by atoms with Crippen molar-refractivity contribution in [3.8, 4) is 0 Å². The van der Waals surface area contributed by atoms with Crippen LogP contribution in [0.25, 0.3) is 0 Å². The van der Waals surface area contributed by atoms with Gasteiger partial charge in [-0.15, -0.1) is 0 Å². The number of amides is 1. The number of aromatic nitrogens is 1. The first kappa shape index (κ1) is 10.2. The average molecular weight is 208 g/mol. The summed E-state index contributed by atoms with van der Waals surface area (Å²) in [6, 6.07) is 3.95. The summed E-state index contributed by atoms with van der Waals surface area (Å²) in [5.41, 5.74) is 0. The summed E-state index contributed by atoms with van der Waals surface area (Å²) < 4.78 is 7.32. The molecule has 1 fully saturated rings. The largest absolute Gasteiger partial charge is 0.368 e. The van der Waals surface area contributed by atoms with Gasteiger partial charge in [-0.1, -0.05) is 0 Å². The van der Waals surface area contributed by atoms with Crippen LogP contribution in [0.2, 0.25) is 0 Å². The second-order valence-corrected chi connectivity index (χ2v) is 3.71. The number of nitrogens with one attached hydrogen (secondary N) is 1. The number of carbonyl (C=O) groups excluding carboxylic acids is 1. The van der Waals surface area contributed by atoms with Gasteiger partial charge in [0.15, 0.2) is 0 Å². The molecule has 82 valence electrons. The zero-order chi connectivity index (χ0) is 10.5. The molecule has 1 aromatic heterocycles.